The van der Waals surface area contributed by atoms with Crippen molar-refractivity contribution >= 4 is 43.4 Å². The number of aliphatic carboxylic acids is 2. The molecular weight excluding hydrogens is 478 g/mol. The molecule has 0 aliphatic carbocycles. The average molecular weight is 500 g/mol. The van der Waals surface area contributed by atoms with Crippen molar-refractivity contribution in [1.29, 1.82) is 0 Å². The predicted octanol–water partition coefficient (Wildman–Crippen LogP) is 3.43. The second-order valence-electron chi connectivity index (χ2n) is 6.87. The van der Waals surface area contributed by atoms with E-state index in [4.69, 9.17) is 10.2 Å². The number of hydrogen-bond acceptors (Lipinski definition) is 7. The summed E-state index contributed by atoms with van der Waals surface area (Å²) >= 11 is 1.27. The molecule has 0 bridgehead atoms. The van der Waals surface area contributed by atoms with Crippen LogP contribution < -0.4 is 5.32 Å². The van der Waals surface area contributed by atoms with Gasteiger partial charge in [0.25, 0.3) is 10.0 Å². The molecule has 0 atom stereocenters. The third kappa shape index (κ3) is 5.95. The maximum atomic E-state index is 13.3. The normalized spacial score (nSPS) is 11.3. The highest BCUT2D eigenvalue weighted by molar-refractivity contribution is 7.92. The molecule has 0 radical (unpaired) electrons. The molecule has 2 heterocycles. The third-order valence-corrected chi connectivity index (χ3v) is 7.61. The largest absolute Gasteiger partial charge is 0.478 e. The molecule has 176 valence electrons. The van der Waals surface area contributed by atoms with Crippen molar-refractivity contribution in [2.45, 2.75) is 10.8 Å². The van der Waals surface area contributed by atoms with Gasteiger partial charge in [-0.1, -0.05) is 48.5 Å². The quantitative estimate of drug-likeness (QED) is 0.329. The number of benzene rings is 2. The summed E-state index contributed by atoms with van der Waals surface area (Å²) in [5.41, 5.74) is 1.44. The first kappa shape index (κ1) is 24.8. The van der Waals surface area contributed by atoms with Crippen LogP contribution >= 0.6 is 11.3 Å². The number of nitrogens with zero attached hydrogens (tertiary/aromatic N) is 2. The number of imidazole rings is 1. The number of carbonyl (C=O) groups is 2. The minimum Gasteiger partial charge on any atom is -0.478 e. The van der Waals surface area contributed by atoms with Crippen LogP contribution in [0.2, 0.25) is 0 Å². The summed E-state index contributed by atoms with van der Waals surface area (Å²) in [7, 11) is -1.92. The highest BCUT2D eigenvalue weighted by Gasteiger charge is 2.25. The summed E-state index contributed by atoms with van der Waals surface area (Å²) in [5, 5.41) is 19.6. The van der Waals surface area contributed by atoms with Crippen LogP contribution in [0.5, 0.6) is 0 Å². The van der Waals surface area contributed by atoms with Crippen molar-refractivity contribution in [3.05, 3.63) is 84.7 Å². The van der Waals surface area contributed by atoms with Gasteiger partial charge in [0.1, 0.15) is 4.21 Å². The Hall–Kier alpha value is -3.80. The zero-order valence-electron chi connectivity index (χ0n) is 18.0. The van der Waals surface area contributed by atoms with E-state index in [0.29, 0.717) is 34.4 Å². The highest BCUT2D eigenvalue weighted by atomic mass is 32.2. The second kappa shape index (κ2) is 10.9. The number of carboxylic acids is 2. The lowest BCUT2D eigenvalue weighted by atomic mass is 10.2. The molecule has 34 heavy (non-hydrogen) atoms. The Bertz CT molecular complexity index is 1390. The maximum absolute atomic E-state index is 13.3. The smallest absolute Gasteiger partial charge is 0.328 e. The first-order valence-electron chi connectivity index (χ1n) is 9.88. The van der Waals surface area contributed by atoms with E-state index in [0.717, 1.165) is 15.6 Å². The molecular formula is C23H21N3O6S2. The summed E-state index contributed by atoms with van der Waals surface area (Å²) < 4.78 is 29.2. The fourth-order valence-electron chi connectivity index (χ4n) is 2.96. The second-order valence-corrected chi connectivity index (χ2v) is 9.99. The van der Waals surface area contributed by atoms with E-state index in [1.54, 1.807) is 12.3 Å². The molecule has 2 aromatic carbocycles. The van der Waals surface area contributed by atoms with E-state index in [2.05, 4.69) is 10.3 Å². The minimum atomic E-state index is -3.73. The van der Waals surface area contributed by atoms with Gasteiger partial charge in [0, 0.05) is 35.2 Å². The van der Waals surface area contributed by atoms with Gasteiger partial charge in [-0.15, -0.1) is 11.3 Å². The van der Waals surface area contributed by atoms with E-state index in [1.807, 2.05) is 61.6 Å². The van der Waals surface area contributed by atoms with Crippen molar-refractivity contribution in [2.24, 2.45) is 0 Å². The fraction of sp³-hybridized carbons (Fsp3) is 0.0870. The van der Waals surface area contributed by atoms with E-state index in [-0.39, 0.29) is 0 Å². The molecule has 0 saturated carbocycles. The minimum absolute atomic E-state index is 0.310. The lowest BCUT2D eigenvalue weighted by molar-refractivity contribution is -0.134. The van der Waals surface area contributed by atoms with Crippen LogP contribution in [0.3, 0.4) is 0 Å². The Balaban J connectivity index is 0.000000350. The standard InChI is InChI=1S/C19H17N3O2S2.C4H4O4/c1-20-12-16-13-22(19(21-16)14-7-3-2-4-8-14)26(23,24)18-11-15-9-5-6-10-17(15)25-18;5-3(6)1-2-4(7)8/h2-11,13,20H,12H2,1H3;1-2H,(H,5,6)(H,7,8). The third-order valence-electron chi connectivity index (χ3n) is 4.40. The van der Waals surface area contributed by atoms with E-state index >= 15 is 0 Å². The Morgan fingerprint density at radius 2 is 1.65 bits per heavy atom. The Morgan fingerprint density at radius 1 is 1.03 bits per heavy atom. The monoisotopic (exact) mass is 499 g/mol. The molecule has 11 heteroatoms. The van der Waals surface area contributed by atoms with Gasteiger partial charge < -0.3 is 15.5 Å². The summed E-state index contributed by atoms with van der Waals surface area (Å²) in [6, 6.07) is 18.8. The number of nitrogens with one attached hydrogen (secondary N) is 1. The van der Waals surface area contributed by atoms with E-state index in [9.17, 15) is 18.0 Å². The van der Waals surface area contributed by atoms with Crippen LogP contribution in [0.4, 0.5) is 0 Å². The molecule has 4 aromatic rings. The molecule has 0 unspecified atom stereocenters. The van der Waals surface area contributed by atoms with Gasteiger partial charge in [0.05, 0.1) is 5.69 Å². The Labute approximate surface area is 199 Å². The van der Waals surface area contributed by atoms with Gasteiger partial charge in [-0.3, -0.25) is 0 Å². The Morgan fingerprint density at radius 3 is 2.24 bits per heavy atom. The van der Waals surface area contributed by atoms with E-state index in [1.165, 1.54) is 15.3 Å². The SMILES string of the molecule is CNCc1cn(S(=O)(=O)c2cc3ccccc3s2)c(-c2ccccc2)n1.O=C(O)C=CC(=O)O. The van der Waals surface area contributed by atoms with Crippen LogP contribution in [0.15, 0.2) is 83.2 Å². The summed E-state index contributed by atoms with van der Waals surface area (Å²) in [4.78, 5) is 23.6. The van der Waals surface area contributed by atoms with Crippen LogP contribution in [-0.2, 0) is 26.2 Å². The van der Waals surface area contributed by atoms with Crippen LogP contribution in [0, 0.1) is 0 Å². The molecule has 2 aromatic heterocycles. The molecule has 0 fully saturated rings. The van der Waals surface area contributed by atoms with Gasteiger partial charge in [-0.05, 0) is 24.6 Å². The maximum Gasteiger partial charge on any atom is 0.328 e. The molecule has 3 N–H and O–H groups in total. The summed E-state index contributed by atoms with van der Waals surface area (Å²) in [6.45, 7) is 0.495. The summed E-state index contributed by atoms with van der Waals surface area (Å²) in [5.74, 6) is -2.09. The highest BCUT2D eigenvalue weighted by Crippen LogP contribution is 2.32. The van der Waals surface area contributed by atoms with Crippen LogP contribution in [0.1, 0.15) is 5.69 Å². The number of aromatic nitrogens is 2. The topological polar surface area (TPSA) is 139 Å². The van der Waals surface area contributed by atoms with Gasteiger partial charge in [0.15, 0.2) is 5.82 Å². The number of rotatable bonds is 7. The fourth-order valence-corrected chi connectivity index (χ4v) is 5.79. The zero-order valence-corrected chi connectivity index (χ0v) is 19.6. The van der Waals surface area contributed by atoms with Gasteiger partial charge in [-0.25, -0.2) is 18.5 Å². The lowest BCUT2D eigenvalue weighted by Crippen LogP contribution is -2.12. The van der Waals surface area contributed by atoms with Gasteiger partial charge in [-0.2, -0.15) is 8.42 Å². The van der Waals surface area contributed by atoms with Crippen molar-refractivity contribution in [3.63, 3.8) is 0 Å². The molecule has 9 nitrogen and oxygen atoms in total. The molecule has 0 amide bonds. The molecule has 0 aliphatic heterocycles. The van der Waals surface area contributed by atoms with Crippen molar-refractivity contribution in [3.8, 4) is 11.4 Å². The van der Waals surface area contributed by atoms with Gasteiger partial charge >= 0.3 is 11.9 Å². The van der Waals surface area contributed by atoms with Crippen LogP contribution in [0.25, 0.3) is 21.5 Å². The lowest BCUT2D eigenvalue weighted by Gasteiger charge is -2.07. The number of carboxylic acid groups (broad SMARTS) is 2. The molecule has 0 aliphatic rings. The molecule has 4 rings (SSSR count). The predicted molar refractivity (Wildman–Crippen MR) is 129 cm³/mol. The van der Waals surface area contributed by atoms with Gasteiger partial charge in [0.2, 0.25) is 0 Å². The van der Waals surface area contributed by atoms with Crippen molar-refractivity contribution < 1.29 is 28.2 Å². The van der Waals surface area contributed by atoms with Crippen LogP contribution in [-0.4, -0.2) is 46.6 Å². The summed E-state index contributed by atoms with van der Waals surface area (Å²) in [6.07, 6.45) is 2.71. The molecule has 0 spiro atoms. The van der Waals surface area contributed by atoms with E-state index < -0.39 is 22.0 Å². The number of fused-ring (bicyclic) bond motifs is 1. The molecule has 0 saturated heterocycles. The first-order chi connectivity index (χ1) is 16.2. The number of thiophene rings is 1. The number of hydrogen-bond donors (Lipinski definition) is 3. The van der Waals surface area contributed by atoms with Crippen molar-refractivity contribution in [1.82, 2.24) is 14.3 Å². The Kier molecular flexibility index (Phi) is 7.95. The average Bonchev–Trinajstić information content (AvgIpc) is 3.44. The zero-order chi connectivity index (χ0) is 24.7. The van der Waals surface area contributed by atoms with Crippen molar-refractivity contribution in [2.75, 3.05) is 7.05 Å². The first-order valence-corrected chi connectivity index (χ1v) is 12.1.